The second kappa shape index (κ2) is 7.76. The monoisotopic (exact) mass is 381 g/mol. The molecular formula is C20H19N3OS2. The van der Waals surface area contributed by atoms with Crippen LogP contribution in [0.3, 0.4) is 0 Å². The molecule has 26 heavy (non-hydrogen) atoms. The van der Waals surface area contributed by atoms with Gasteiger partial charge in [0, 0.05) is 10.3 Å². The van der Waals surface area contributed by atoms with Crippen molar-refractivity contribution >= 4 is 33.2 Å². The molecule has 1 aromatic carbocycles. The summed E-state index contributed by atoms with van der Waals surface area (Å²) in [7, 11) is -0.521. The molecule has 132 valence electrons. The summed E-state index contributed by atoms with van der Waals surface area (Å²) in [6, 6.07) is 12.2. The highest BCUT2D eigenvalue weighted by molar-refractivity contribution is 8.22. The predicted octanol–water partition coefficient (Wildman–Crippen LogP) is 5.57. The minimum absolute atomic E-state index is 0.521. The molecule has 0 amide bonds. The number of benzene rings is 1. The number of thiazole rings is 1. The Morgan fingerprint density at radius 2 is 1.96 bits per heavy atom. The first-order valence-corrected chi connectivity index (χ1v) is 10.6. The van der Waals surface area contributed by atoms with Gasteiger partial charge in [0.05, 0.1) is 11.9 Å². The maximum Gasteiger partial charge on any atom is 0.188 e. The van der Waals surface area contributed by atoms with E-state index in [4.69, 9.17) is 4.74 Å². The van der Waals surface area contributed by atoms with Crippen LogP contribution in [0.1, 0.15) is 11.3 Å². The Labute approximate surface area is 159 Å². The Morgan fingerprint density at radius 3 is 2.69 bits per heavy atom. The highest BCUT2D eigenvalue weighted by Crippen LogP contribution is 2.47. The molecule has 0 atom stereocenters. The van der Waals surface area contributed by atoms with Crippen LogP contribution in [0, 0.1) is 6.92 Å². The molecule has 0 unspecified atom stereocenters. The minimum atomic E-state index is -0.521. The summed E-state index contributed by atoms with van der Waals surface area (Å²) in [6.45, 7) is 2.52. The lowest BCUT2D eigenvalue weighted by Gasteiger charge is -2.17. The second-order valence-corrected chi connectivity index (χ2v) is 8.57. The maximum absolute atomic E-state index is 5.96. The van der Waals surface area contributed by atoms with Crippen LogP contribution in [0.25, 0.3) is 0 Å². The molecule has 0 saturated heterocycles. The highest BCUT2D eigenvalue weighted by atomic mass is 32.2. The van der Waals surface area contributed by atoms with Crippen LogP contribution in [0.5, 0.6) is 5.75 Å². The molecule has 4 nitrogen and oxygen atoms in total. The van der Waals surface area contributed by atoms with Gasteiger partial charge in [-0.2, -0.15) is 10.9 Å². The Bertz CT molecular complexity index is 939. The summed E-state index contributed by atoms with van der Waals surface area (Å²) in [5, 5.41) is 10.7. The maximum atomic E-state index is 5.96. The van der Waals surface area contributed by atoms with Gasteiger partial charge in [0.2, 0.25) is 0 Å². The van der Waals surface area contributed by atoms with Gasteiger partial charge in [-0.1, -0.05) is 42.5 Å². The van der Waals surface area contributed by atoms with Gasteiger partial charge in [0.15, 0.2) is 5.13 Å². The Kier molecular flexibility index (Phi) is 5.04. The van der Waals surface area contributed by atoms with Gasteiger partial charge in [-0.25, -0.2) is 9.97 Å². The summed E-state index contributed by atoms with van der Waals surface area (Å²) >= 11 is 1.59. The number of hydrogen-bond acceptors (Lipinski definition) is 5. The van der Waals surface area contributed by atoms with Gasteiger partial charge in [-0.15, -0.1) is 11.3 Å². The number of hydrogen-bond donors (Lipinski definition) is 2. The molecule has 0 spiro atoms. The summed E-state index contributed by atoms with van der Waals surface area (Å²) in [5.41, 5.74) is 2.15. The van der Waals surface area contributed by atoms with Crippen molar-refractivity contribution in [3.8, 4) is 5.75 Å². The van der Waals surface area contributed by atoms with Crippen molar-refractivity contribution in [2.24, 2.45) is 0 Å². The van der Waals surface area contributed by atoms with Crippen LogP contribution in [-0.4, -0.2) is 9.97 Å². The average Bonchev–Trinajstić information content (AvgIpc) is 3.34. The summed E-state index contributed by atoms with van der Waals surface area (Å²) in [4.78, 5) is 10.2. The van der Waals surface area contributed by atoms with Gasteiger partial charge in [0.25, 0.3) is 0 Å². The van der Waals surface area contributed by atoms with Crippen molar-refractivity contribution in [2.45, 2.75) is 18.4 Å². The molecule has 0 bridgehead atoms. The van der Waals surface area contributed by atoms with Crippen molar-refractivity contribution in [1.82, 2.24) is 9.97 Å². The normalized spacial score (nSPS) is 14.0. The number of thiol groups is 1. The Balaban J connectivity index is 1.58. The lowest BCUT2D eigenvalue weighted by Crippen LogP contribution is -2.00. The van der Waals surface area contributed by atoms with Gasteiger partial charge >= 0.3 is 0 Å². The topological polar surface area (TPSA) is 47.0 Å². The molecule has 0 fully saturated rings. The standard InChI is InChI=1S/C20H19N3OS2/c1-15-14-25-20(22-15)23-19-18(26-9-5-6-10-26)11-17(12-21-19)24-13-16-7-3-2-4-8-16/h2-12,14,26H,13H2,1H3,(H,21,22,23). The number of aryl methyl sites for hydroxylation is 1. The van der Waals surface area contributed by atoms with E-state index in [1.54, 1.807) is 17.5 Å². The van der Waals surface area contributed by atoms with E-state index < -0.39 is 10.9 Å². The number of anilines is 2. The zero-order valence-corrected chi connectivity index (χ0v) is 16.0. The molecule has 2 aromatic heterocycles. The van der Waals surface area contributed by atoms with Crippen LogP contribution < -0.4 is 10.1 Å². The SMILES string of the molecule is Cc1csc(Nc2ncc(OCc3ccccc3)cc2[SH]2C=CC=C2)n1. The van der Waals surface area contributed by atoms with Crippen molar-refractivity contribution in [2.75, 3.05) is 5.32 Å². The lowest BCUT2D eigenvalue weighted by atomic mass is 10.2. The van der Waals surface area contributed by atoms with E-state index in [1.807, 2.05) is 30.5 Å². The van der Waals surface area contributed by atoms with Crippen molar-refractivity contribution in [1.29, 1.82) is 0 Å². The molecule has 0 saturated carbocycles. The predicted molar refractivity (Wildman–Crippen MR) is 111 cm³/mol. The number of rotatable bonds is 6. The van der Waals surface area contributed by atoms with Crippen molar-refractivity contribution in [3.05, 3.63) is 82.2 Å². The fourth-order valence-electron chi connectivity index (χ4n) is 2.56. The van der Waals surface area contributed by atoms with E-state index in [2.05, 4.69) is 56.5 Å². The largest absolute Gasteiger partial charge is 0.487 e. The van der Waals surface area contributed by atoms with Crippen molar-refractivity contribution < 1.29 is 4.74 Å². The molecule has 0 radical (unpaired) electrons. The van der Waals surface area contributed by atoms with E-state index >= 15 is 0 Å². The number of nitrogens with zero attached hydrogens (tertiary/aromatic N) is 2. The third-order valence-electron chi connectivity index (χ3n) is 3.82. The molecule has 6 heteroatoms. The van der Waals surface area contributed by atoms with E-state index in [0.717, 1.165) is 32.9 Å². The van der Waals surface area contributed by atoms with E-state index in [0.29, 0.717) is 6.61 Å². The van der Waals surface area contributed by atoms with Crippen LogP contribution >= 0.6 is 22.2 Å². The quantitative estimate of drug-likeness (QED) is 0.548. The highest BCUT2D eigenvalue weighted by Gasteiger charge is 2.14. The Hall–Kier alpha value is -2.57. The zero-order chi connectivity index (χ0) is 17.8. The lowest BCUT2D eigenvalue weighted by molar-refractivity contribution is 0.304. The third-order valence-corrected chi connectivity index (χ3v) is 6.58. The minimum Gasteiger partial charge on any atom is -0.487 e. The van der Waals surface area contributed by atoms with Crippen LogP contribution in [-0.2, 0) is 6.61 Å². The molecule has 1 N–H and O–H groups in total. The van der Waals surface area contributed by atoms with Gasteiger partial charge in [-0.05, 0) is 29.4 Å². The summed E-state index contributed by atoms with van der Waals surface area (Å²) in [6.07, 6.45) is 5.94. The second-order valence-electron chi connectivity index (χ2n) is 5.82. The Morgan fingerprint density at radius 1 is 1.15 bits per heavy atom. The molecule has 4 rings (SSSR count). The molecule has 3 heterocycles. The van der Waals surface area contributed by atoms with E-state index in [1.165, 1.54) is 0 Å². The van der Waals surface area contributed by atoms with E-state index in [-0.39, 0.29) is 0 Å². The number of nitrogens with one attached hydrogen (secondary N) is 1. The fraction of sp³-hybridized carbons (Fsp3) is 0.100. The van der Waals surface area contributed by atoms with Crippen LogP contribution in [0.2, 0.25) is 0 Å². The molecule has 0 aliphatic carbocycles. The van der Waals surface area contributed by atoms with Crippen LogP contribution in [0.4, 0.5) is 10.9 Å². The van der Waals surface area contributed by atoms with E-state index in [9.17, 15) is 0 Å². The molecule has 3 aromatic rings. The van der Waals surface area contributed by atoms with Crippen LogP contribution in [0.15, 0.2) is 75.8 Å². The van der Waals surface area contributed by atoms with Crippen molar-refractivity contribution in [3.63, 3.8) is 0 Å². The molecule has 1 aliphatic rings. The van der Waals surface area contributed by atoms with Gasteiger partial charge < -0.3 is 10.1 Å². The number of ether oxygens (including phenoxy) is 1. The third kappa shape index (κ3) is 3.98. The fourth-order valence-corrected chi connectivity index (χ4v) is 4.87. The van der Waals surface area contributed by atoms with Gasteiger partial charge in [-0.3, -0.25) is 0 Å². The number of pyridine rings is 1. The first-order valence-electron chi connectivity index (χ1n) is 8.27. The average molecular weight is 382 g/mol. The summed E-state index contributed by atoms with van der Waals surface area (Å²) < 4.78 is 5.96. The molecule has 1 aliphatic heterocycles. The number of aromatic nitrogens is 2. The number of allylic oxidation sites excluding steroid dienone is 2. The molecular weight excluding hydrogens is 362 g/mol. The zero-order valence-electron chi connectivity index (χ0n) is 14.3. The smallest absolute Gasteiger partial charge is 0.188 e. The summed E-state index contributed by atoms with van der Waals surface area (Å²) in [5.74, 6) is 1.62. The van der Waals surface area contributed by atoms with Gasteiger partial charge in [0.1, 0.15) is 18.2 Å². The first-order chi connectivity index (χ1) is 12.8. The first kappa shape index (κ1) is 16.9.